The van der Waals surface area contributed by atoms with E-state index in [1.54, 1.807) is 11.0 Å². The van der Waals surface area contributed by atoms with Crippen LogP contribution in [0.5, 0.6) is 0 Å². The zero-order chi connectivity index (χ0) is 13.1. The average Bonchev–Trinajstić information content (AvgIpc) is 2.38. The zero-order valence-corrected chi connectivity index (χ0v) is 10.4. The maximum Gasteiger partial charge on any atom is 0.308 e. The molecule has 0 saturated carbocycles. The number of carbonyl (C=O) groups excluding carboxylic acids is 1. The van der Waals surface area contributed by atoms with Gasteiger partial charge >= 0.3 is 5.97 Å². The Hall–Kier alpha value is -1.62. The van der Waals surface area contributed by atoms with Crippen molar-refractivity contribution in [1.29, 1.82) is 0 Å². The molecular weight excluding hydrogens is 256 g/mol. The number of piperidine rings is 1. The molecule has 1 aromatic rings. The number of nitrogens with zero attached hydrogens (tertiary/aromatic N) is 2. The molecule has 1 aliphatic heterocycles. The van der Waals surface area contributed by atoms with E-state index in [1.807, 2.05) is 0 Å². The minimum atomic E-state index is -0.853. The van der Waals surface area contributed by atoms with E-state index in [2.05, 4.69) is 4.98 Å². The first-order valence-corrected chi connectivity index (χ1v) is 6.09. The minimum Gasteiger partial charge on any atom is -0.481 e. The lowest BCUT2D eigenvalue weighted by molar-refractivity contribution is -0.143. The monoisotopic (exact) mass is 268 g/mol. The highest BCUT2D eigenvalue weighted by molar-refractivity contribution is 6.33. The third kappa shape index (κ3) is 2.61. The Morgan fingerprint density at radius 3 is 2.94 bits per heavy atom. The lowest BCUT2D eigenvalue weighted by atomic mass is 9.98. The highest BCUT2D eigenvalue weighted by Gasteiger charge is 2.29. The summed E-state index contributed by atoms with van der Waals surface area (Å²) in [6, 6.07) is 1.55. The summed E-state index contributed by atoms with van der Waals surface area (Å²) in [7, 11) is 0. The van der Waals surface area contributed by atoms with Gasteiger partial charge in [0.15, 0.2) is 0 Å². The summed E-state index contributed by atoms with van der Waals surface area (Å²) in [5.74, 6) is -1.56. The SMILES string of the molecule is O=C(O)[C@H]1CCCN(C(=O)c2ccncc2Cl)C1. The molecule has 1 fully saturated rings. The molecule has 1 N–H and O–H groups in total. The van der Waals surface area contributed by atoms with Gasteiger partial charge in [0.05, 0.1) is 16.5 Å². The van der Waals surface area contributed by atoms with Gasteiger partial charge in [0, 0.05) is 25.5 Å². The standard InChI is InChI=1S/C12H13ClN2O3/c13-10-6-14-4-3-9(10)11(16)15-5-1-2-8(7-15)12(17)18/h3-4,6,8H,1-2,5,7H2,(H,17,18)/t8-/m0/s1. The number of pyridine rings is 1. The molecule has 1 aliphatic rings. The summed E-state index contributed by atoms with van der Waals surface area (Å²) >= 11 is 5.91. The topological polar surface area (TPSA) is 70.5 Å². The molecule has 2 heterocycles. The summed E-state index contributed by atoms with van der Waals surface area (Å²) < 4.78 is 0. The van der Waals surface area contributed by atoms with E-state index in [-0.39, 0.29) is 12.5 Å². The van der Waals surface area contributed by atoms with Crippen LogP contribution in [0, 0.1) is 5.92 Å². The predicted octanol–water partition coefficient (Wildman–Crippen LogP) is 1.67. The second kappa shape index (κ2) is 5.35. The first-order chi connectivity index (χ1) is 8.59. The number of aromatic nitrogens is 1. The van der Waals surface area contributed by atoms with Crippen molar-refractivity contribution in [2.24, 2.45) is 5.92 Å². The van der Waals surface area contributed by atoms with E-state index < -0.39 is 11.9 Å². The Balaban J connectivity index is 2.14. The maximum absolute atomic E-state index is 12.2. The van der Waals surface area contributed by atoms with Crippen molar-refractivity contribution in [3.63, 3.8) is 0 Å². The molecule has 0 radical (unpaired) electrons. The number of carboxylic acids is 1. The number of hydrogen-bond acceptors (Lipinski definition) is 3. The Bertz CT molecular complexity index is 478. The van der Waals surface area contributed by atoms with Crippen molar-refractivity contribution in [2.45, 2.75) is 12.8 Å². The van der Waals surface area contributed by atoms with E-state index in [0.29, 0.717) is 30.0 Å². The third-order valence-corrected chi connectivity index (χ3v) is 3.36. The fourth-order valence-corrected chi connectivity index (χ4v) is 2.28. The fraction of sp³-hybridized carbons (Fsp3) is 0.417. The second-order valence-corrected chi connectivity index (χ2v) is 4.69. The Labute approximate surface area is 109 Å². The van der Waals surface area contributed by atoms with Crippen LogP contribution in [0.15, 0.2) is 18.5 Å². The molecule has 5 nitrogen and oxygen atoms in total. The molecule has 1 atom stereocenters. The molecule has 0 bridgehead atoms. The quantitative estimate of drug-likeness (QED) is 0.886. The number of aliphatic carboxylic acids is 1. The van der Waals surface area contributed by atoms with Crippen molar-refractivity contribution in [3.05, 3.63) is 29.0 Å². The van der Waals surface area contributed by atoms with Crippen molar-refractivity contribution >= 4 is 23.5 Å². The first kappa shape index (κ1) is 12.8. The van der Waals surface area contributed by atoms with Gasteiger partial charge in [-0.15, -0.1) is 0 Å². The van der Waals surface area contributed by atoms with Gasteiger partial charge in [-0.25, -0.2) is 0 Å². The predicted molar refractivity (Wildman–Crippen MR) is 65.5 cm³/mol. The van der Waals surface area contributed by atoms with Gasteiger partial charge in [0.25, 0.3) is 5.91 Å². The maximum atomic E-state index is 12.2. The Morgan fingerprint density at radius 2 is 2.28 bits per heavy atom. The molecule has 1 amide bonds. The highest BCUT2D eigenvalue weighted by atomic mass is 35.5. The molecule has 0 aliphatic carbocycles. The van der Waals surface area contributed by atoms with Crippen molar-refractivity contribution < 1.29 is 14.7 Å². The van der Waals surface area contributed by atoms with Gasteiger partial charge in [-0.05, 0) is 18.9 Å². The largest absolute Gasteiger partial charge is 0.481 e. The fourth-order valence-electron chi connectivity index (χ4n) is 2.08. The molecule has 96 valence electrons. The molecule has 18 heavy (non-hydrogen) atoms. The number of carbonyl (C=O) groups is 2. The van der Waals surface area contributed by atoms with Crippen LogP contribution in [0.1, 0.15) is 23.2 Å². The summed E-state index contributed by atoms with van der Waals surface area (Å²) in [6.45, 7) is 0.814. The molecule has 1 aromatic heterocycles. The first-order valence-electron chi connectivity index (χ1n) is 5.71. The second-order valence-electron chi connectivity index (χ2n) is 4.28. The van der Waals surface area contributed by atoms with Crippen LogP contribution in [-0.2, 0) is 4.79 Å². The van der Waals surface area contributed by atoms with Gasteiger partial charge in [-0.3, -0.25) is 14.6 Å². The lowest BCUT2D eigenvalue weighted by Gasteiger charge is -2.30. The number of halogens is 1. The Morgan fingerprint density at radius 1 is 1.50 bits per heavy atom. The van der Waals surface area contributed by atoms with Crippen LogP contribution in [0.4, 0.5) is 0 Å². The lowest BCUT2D eigenvalue weighted by Crippen LogP contribution is -2.42. The molecule has 6 heteroatoms. The van der Waals surface area contributed by atoms with Gasteiger partial charge < -0.3 is 10.0 Å². The average molecular weight is 269 g/mol. The van der Waals surface area contributed by atoms with Crippen LogP contribution < -0.4 is 0 Å². The normalized spacial score (nSPS) is 19.6. The van der Waals surface area contributed by atoms with Crippen LogP contribution in [0.25, 0.3) is 0 Å². The summed E-state index contributed by atoms with van der Waals surface area (Å²) in [4.78, 5) is 28.5. The summed E-state index contributed by atoms with van der Waals surface area (Å²) in [5.41, 5.74) is 0.373. The minimum absolute atomic E-state index is 0.228. The van der Waals surface area contributed by atoms with Gasteiger partial charge in [-0.2, -0.15) is 0 Å². The van der Waals surface area contributed by atoms with Gasteiger partial charge in [0.1, 0.15) is 0 Å². The number of likely N-dealkylation sites (tertiary alicyclic amines) is 1. The van der Waals surface area contributed by atoms with E-state index in [9.17, 15) is 9.59 Å². The molecule has 2 rings (SSSR count). The van der Waals surface area contributed by atoms with Crippen LogP contribution >= 0.6 is 11.6 Å². The number of rotatable bonds is 2. The molecule has 0 aromatic carbocycles. The van der Waals surface area contributed by atoms with E-state index in [4.69, 9.17) is 16.7 Å². The molecular formula is C12H13ClN2O3. The molecule has 0 unspecified atom stereocenters. The number of amides is 1. The summed E-state index contributed by atoms with van der Waals surface area (Å²) in [5, 5.41) is 9.28. The van der Waals surface area contributed by atoms with Crippen LogP contribution in [0.2, 0.25) is 5.02 Å². The van der Waals surface area contributed by atoms with Gasteiger partial charge in [0.2, 0.25) is 0 Å². The van der Waals surface area contributed by atoms with Crippen molar-refractivity contribution in [3.8, 4) is 0 Å². The molecule has 0 spiro atoms. The Kier molecular flexibility index (Phi) is 3.81. The highest BCUT2D eigenvalue weighted by Crippen LogP contribution is 2.21. The van der Waals surface area contributed by atoms with Crippen LogP contribution in [0.3, 0.4) is 0 Å². The zero-order valence-electron chi connectivity index (χ0n) is 9.67. The van der Waals surface area contributed by atoms with E-state index in [1.165, 1.54) is 12.4 Å². The van der Waals surface area contributed by atoms with Crippen molar-refractivity contribution in [1.82, 2.24) is 9.88 Å². The van der Waals surface area contributed by atoms with Gasteiger partial charge in [-0.1, -0.05) is 11.6 Å². The number of hydrogen-bond donors (Lipinski definition) is 1. The summed E-state index contributed by atoms with van der Waals surface area (Å²) in [6.07, 6.45) is 4.22. The smallest absolute Gasteiger partial charge is 0.308 e. The third-order valence-electron chi connectivity index (χ3n) is 3.06. The van der Waals surface area contributed by atoms with E-state index >= 15 is 0 Å². The number of carboxylic acid groups (broad SMARTS) is 1. The van der Waals surface area contributed by atoms with E-state index in [0.717, 1.165) is 0 Å². The van der Waals surface area contributed by atoms with Crippen molar-refractivity contribution in [2.75, 3.05) is 13.1 Å². The van der Waals surface area contributed by atoms with Crippen LogP contribution in [-0.4, -0.2) is 40.0 Å². The molecule has 1 saturated heterocycles.